The van der Waals surface area contributed by atoms with Crippen LogP contribution in [0, 0.1) is 0 Å². The highest BCUT2D eigenvalue weighted by molar-refractivity contribution is 6.31. The van der Waals surface area contributed by atoms with Crippen LogP contribution < -0.4 is 5.32 Å². The van der Waals surface area contributed by atoms with Gasteiger partial charge in [0.25, 0.3) is 0 Å². The van der Waals surface area contributed by atoms with E-state index in [1.54, 1.807) is 11.9 Å². The van der Waals surface area contributed by atoms with E-state index >= 15 is 0 Å². The zero-order valence-electron chi connectivity index (χ0n) is 12.5. The number of urea groups is 1. The summed E-state index contributed by atoms with van der Waals surface area (Å²) in [6.07, 6.45) is 0. The van der Waals surface area contributed by atoms with Crippen LogP contribution in [-0.2, 0) is 6.54 Å². The summed E-state index contributed by atoms with van der Waals surface area (Å²) < 4.78 is 0. The van der Waals surface area contributed by atoms with E-state index in [0.29, 0.717) is 16.6 Å². The summed E-state index contributed by atoms with van der Waals surface area (Å²) >= 11 is 12.1. The molecule has 2 aromatic carbocycles. The van der Waals surface area contributed by atoms with Crippen LogP contribution in [-0.4, -0.2) is 18.0 Å². The maximum absolute atomic E-state index is 12.3. The van der Waals surface area contributed by atoms with E-state index in [-0.39, 0.29) is 12.1 Å². The van der Waals surface area contributed by atoms with Crippen LogP contribution in [0.15, 0.2) is 48.5 Å². The molecule has 0 aliphatic rings. The van der Waals surface area contributed by atoms with Gasteiger partial charge in [0.1, 0.15) is 0 Å². The lowest BCUT2D eigenvalue weighted by Gasteiger charge is -2.22. The van der Waals surface area contributed by atoms with Crippen molar-refractivity contribution in [3.8, 4) is 0 Å². The van der Waals surface area contributed by atoms with Crippen molar-refractivity contribution in [3.63, 3.8) is 0 Å². The number of carbonyl (C=O) groups is 1. The molecule has 0 aliphatic heterocycles. The first-order valence-corrected chi connectivity index (χ1v) is 7.73. The van der Waals surface area contributed by atoms with Crippen molar-refractivity contribution in [1.29, 1.82) is 0 Å². The van der Waals surface area contributed by atoms with Gasteiger partial charge in [-0.1, -0.05) is 53.5 Å². The Morgan fingerprint density at radius 1 is 1.18 bits per heavy atom. The van der Waals surface area contributed by atoms with Crippen molar-refractivity contribution >= 4 is 29.2 Å². The topological polar surface area (TPSA) is 32.3 Å². The van der Waals surface area contributed by atoms with Crippen LogP contribution in [0.5, 0.6) is 0 Å². The molecule has 0 spiro atoms. The third-order valence-corrected chi connectivity index (χ3v) is 4.00. The summed E-state index contributed by atoms with van der Waals surface area (Å²) in [5.74, 6) is 0. The van der Waals surface area contributed by atoms with E-state index in [1.807, 2.05) is 55.5 Å². The number of hydrogen-bond acceptors (Lipinski definition) is 1. The number of halogens is 2. The van der Waals surface area contributed by atoms with Crippen molar-refractivity contribution < 1.29 is 4.79 Å². The van der Waals surface area contributed by atoms with Crippen LogP contribution in [0.1, 0.15) is 24.1 Å². The number of nitrogens with one attached hydrogen (secondary N) is 1. The van der Waals surface area contributed by atoms with Crippen molar-refractivity contribution in [2.45, 2.75) is 19.5 Å². The van der Waals surface area contributed by atoms with E-state index in [9.17, 15) is 4.79 Å². The Bertz CT molecular complexity index is 661. The first kappa shape index (κ1) is 16.7. The summed E-state index contributed by atoms with van der Waals surface area (Å²) in [5.41, 5.74) is 1.88. The fourth-order valence-electron chi connectivity index (χ4n) is 2.11. The van der Waals surface area contributed by atoms with Crippen molar-refractivity contribution in [3.05, 3.63) is 69.7 Å². The van der Waals surface area contributed by atoms with Crippen molar-refractivity contribution in [2.24, 2.45) is 0 Å². The molecule has 1 unspecified atom stereocenters. The molecule has 0 saturated carbocycles. The number of benzene rings is 2. The summed E-state index contributed by atoms with van der Waals surface area (Å²) in [6.45, 7) is 2.38. The molecule has 0 saturated heterocycles. The molecule has 116 valence electrons. The van der Waals surface area contributed by atoms with Gasteiger partial charge in [0.2, 0.25) is 0 Å². The van der Waals surface area contributed by atoms with Gasteiger partial charge in [0.05, 0.1) is 6.04 Å². The van der Waals surface area contributed by atoms with Crippen LogP contribution in [0.2, 0.25) is 10.0 Å². The maximum Gasteiger partial charge on any atom is 0.317 e. The molecule has 22 heavy (non-hydrogen) atoms. The molecular formula is C17H18Cl2N2O. The zero-order valence-corrected chi connectivity index (χ0v) is 14.0. The van der Waals surface area contributed by atoms with E-state index in [1.165, 1.54) is 0 Å². The lowest BCUT2D eigenvalue weighted by molar-refractivity contribution is 0.203. The monoisotopic (exact) mass is 336 g/mol. The number of rotatable bonds is 4. The van der Waals surface area contributed by atoms with Crippen molar-refractivity contribution in [1.82, 2.24) is 10.2 Å². The molecule has 0 bridgehead atoms. The highest BCUT2D eigenvalue weighted by Gasteiger charge is 2.14. The highest BCUT2D eigenvalue weighted by Crippen LogP contribution is 2.19. The SMILES string of the molecule is CC(NC(=O)N(C)Cc1ccccc1Cl)c1cccc(Cl)c1. The predicted molar refractivity (Wildman–Crippen MR) is 91.3 cm³/mol. The molecule has 2 amide bonds. The lowest BCUT2D eigenvalue weighted by Crippen LogP contribution is -2.38. The van der Waals surface area contributed by atoms with Crippen LogP contribution in [0.4, 0.5) is 4.79 Å². The molecule has 2 aromatic rings. The number of hydrogen-bond donors (Lipinski definition) is 1. The van der Waals surface area contributed by atoms with Crippen LogP contribution in [0.25, 0.3) is 0 Å². The second kappa shape index (κ2) is 7.52. The summed E-state index contributed by atoms with van der Waals surface area (Å²) in [6, 6.07) is 14.7. The Hall–Kier alpha value is -1.71. The molecule has 3 nitrogen and oxygen atoms in total. The highest BCUT2D eigenvalue weighted by atomic mass is 35.5. The molecule has 0 aliphatic carbocycles. The van der Waals surface area contributed by atoms with E-state index in [2.05, 4.69) is 5.32 Å². The second-order valence-electron chi connectivity index (χ2n) is 5.17. The minimum absolute atomic E-state index is 0.125. The first-order valence-electron chi connectivity index (χ1n) is 6.98. The lowest BCUT2D eigenvalue weighted by atomic mass is 10.1. The van der Waals surface area contributed by atoms with Gasteiger partial charge in [-0.05, 0) is 36.2 Å². The molecule has 0 fully saturated rings. The fraction of sp³-hybridized carbons (Fsp3) is 0.235. The average Bonchev–Trinajstić information content (AvgIpc) is 2.49. The van der Waals surface area contributed by atoms with Gasteiger partial charge in [0.15, 0.2) is 0 Å². The van der Waals surface area contributed by atoms with Gasteiger partial charge in [-0.15, -0.1) is 0 Å². The standard InChI is InChI=1S/C17H18Cl2N2O/c1-12(13-7-5-8-15(18)10-13)20-17(22)21(2)11-14-6-3-4-9-16(14)19/h3-10,12H,11H2,1-2H3,(H,20,22). The van der Waals surface area contributed by atoms with Gasteiger partial charge in [0, 0.05) is 23.6 Å². The largest absolute Gasteiger partial charge is 0.331 e. The Kier molecular flexibility index (Phi) is 5.69. The number of nitrogens with zero attached hydrogens (tertiary/aromatic N) is 1. The minimum Gasteiger partial charge on any atom is -0.331 e. The van der Waals surface area contributed by atoms with E-state index < -0.39 is 0 Å². The molecule has 0 aromatic heterocycles. The third kappa shape index (κ3) is 4.39. The van der Waals surface area contributed by atoms with Gasteiger partial charge in [-0.3, -0.25) is 0 Å². The summed E-state index contributed by atoms with van der Waals surface area (Å²) in [5, 5.41) is 4.26. The molecule has 2 rings (SSSR count). The fourth-order valence-corrected chi connectivity index (χ4v) is 2.50. The van der Waals surface area contributed by atoms with Crippen LogP contribution >= 0.6 is 23.2 Å². The molecule has 0 radical (unpaired) electrons. The Morgan fingerprint density at radius 3 is 2.59 bits per heavy atom. The van der Waals surface area contributed by atoms with Crippen LogP contribution in [0.3, 0.4) is 0 Å². The Labute approximate surface area is 140 Å². The van der Waals surface area contributed by atoms with E-state index in [0.717, 1.165) is 11.1 Å². The van der Waals surface area contributed by atoms with Gasteiger partial charge in [-0.2, -0.15) is 0 Å². The third-order valence-electron chi connectivity index (χ3n) is 3.40. The van der Waals surface area contributed by atoms with Gasteiger partial charge < -0.3 is 10.2 Å². The van der Waals surface area contributed by atoms with Crippen molar-refractivity contribution in [2.75, 3.05) is 7.05 Å². The molecule has 5 heteroatoms. The molecule has 1 atom stereocenters. The van der Waals surface area contributed by atoms with Gasteiger partial charge >= 0.3 is 6.03 Å². The van der Waals surface area contributed by atoms with E-state index in [4.69, 9.17) is 23.2 Å². The minimum atomic E-state index is -0.160. The predicted octanol–water partition coefficient (Wildman–Crippen LogP) is 4.90. The molecule has 1 N–H and O–H groups in total. The second-order valence-corrected chi connectivity index (χ2v) is 6.02. The van der Waals surface area contributed by atoms with Gasteiger partial charge in [-0.25, -0.2) is 4.79 Å². The Balaban J connectivity index is 1.98. The maximum atomic E-state index is 12.3. The normalized spacial score (nSPS) is 11.8. The first-order chi connectivity index (χ1) is 10.5. The molecular weight excluding hydrogens is 319 g/mol. The Morgan fingerprint density at radius 2 is 1.91 bits per heavy atom. The number of carbonyl (C=O) groups excluding carboxylic acids is 1. The average molecular weight is 337 g/mol. The zero-order chi connectivity index (χ0) is 16.1. The summed E-state index contributed by atoms with van der Waals surface area (Å²) in [7, 11) is 1.74. The molecule has 0 heterocycles. The number of amides is 2. The quantitative estimate of drug-likeness (QED) is 0.846. The smallest absolute Gasteiger partial charge is 0.317 e. The summed E-state index contributed by atoms with van der Waals surface area (Å²) in [4.78, 5) is 13.9.